The Bertz CT molecular complexity index is 601. The molecule has 118 valence electrons. The molecule has 22 heavy (non-hydrogen) atoms. The normalized spacial score (nSPS) is 16.2. The average molecular weight is 312 g/mol. The quantitative estimate of drug-likeness (QED) is 0.905. The molecule has 1 N–H and O–H groups in total. The molecule has 0 atom stereocenters. The number of nitriles is 1. The summed E-state index contributed by atoms with van der Waals surface area (Å²) in [5.74, 6) is -2.05. The first-order chi connectivity index (χ1) is 10.3. The lowest BCUT2D eigenvalue weighted by molar-refractivity contribution is -0.167. The highest BCUT2D eigenvalue weighted by Gasteiger charge is 2.38. The Hall–Kier alpha value is -2.27. The lowest BCUT2D eigenvalue weighted by Crippen LogP contribution is -2.44. The second kappa shape index (κ2) is 6.23. The van der Waals surface area contributed by atoms with Crippen molar-refractivity contribution < 1.29 is 18.0 Å². The van der Waals surface area contributed by atoms with Crippen molar-refractivity contribution in [2.45, 2.75) is 6.18 Å². The number of nitrogens with zero attached hydrogens (tertiary/aromatic N) is 3. The van der Waals surface area contributed by atoms with E-state index in [2.05, 4.69) is 4.90 Å². The molecule has 5 nitrogen and oxygen atoms in total. The summed E-state index contributed by atoms with van der Waals surface area (Å²) in [6.07, 6.45) is -4.96. The summed E-state index contributed by atoms with van der Waals surface area (Å²) in [4.78, 5) is 15.1. The van der Waals surface area contributed by atoms with Gasteiger partial charge in [0.25, 0.3) is 0 Å². The van der Waals surface area contributed by atoms with E-state index in [0.717, 1.165) is 26.2 Å². The van der Waals surface area contributed by atoms with Crippen LogP contribution in [-0.4, -0.2) is 50.2 Å². The van der Waals surface area contributed by atoms with Crippen molar-refractivity contribution in [1.82, 2.24) is 4.90 Å². The van der Waals surface area contributed by atoms with Crippen molar-refractivity contribution in [3.05, 3.63) is 23.8 Å². The zero-order valence-corrected chi connectivity index (χ0v) is 11.9. The van der Waals surface area contributed by atoms with Crippen LogP contribution in [0.3, 0.4) is 0 Å². The molecule has 1 amide bonds. The molecule has 0 radical (unpaired) electrons. The number of rotatable bonds is 2. The molecule has 0 unspecified atom stereocenters. The van der Waals surface area contributed by atoms with E-state index >= 15 is 0 Å². The van der Waals surface area contributed by atoms with Gasteiger partial charge in [0, 0.05) is 31.9 Å². The van der Waals surface area contributed by atoms with Crippen molar-refractivity contribution in [1.29, 1.82) is 5.26 Å². The minimum absolute atomic E-state index is 0.0447. The molecule has 1 aliphatic heterocycles. The number of anilines is 2. The number of halogens is 3. The first-order valence-corrected chi connectivity index (χ1v) is 6.67. The third kappa shape index (κ3) is 3.68. The zero-order valence-electron chi connectivity index (χ0n) is 11.9. The van der Waals surface area contributed by atoms with Gasteiger partial charge in [-0.05, 0) is 25.2 Å². The van der Waals surface area contributed by atoms with Gasteiger partial charge in [0.05, 0.1) is 11.3 Å². The molecule has 1 fully saturated rings. The number of hydrogen-bond donors (Lipinski definition) is 1. The molecule has 0 spiro atoms. The van der Waals surface area contributed by atoms with Gasteiger partial charge in [-0.2, -0.15) is 18.4 Å². The van der Waals surface area contributed by atoms with Crippen LogP contribution in [0.25, 0.3) is 0 Å². The number of benzene rings is 1. The lowest BCUT2D eigenvalue weighted by atomic mass is 10.1. The number of carbonyl (C=O) groups is 1. The highest BCUT2D eigenvalue weighted by Crippen LogP contribution is 2.26. The number of carbonyl (C=O) groups excluding carboxylic acids is 1. The van der Waals surface area contributed by atoms with Crippen molar-refractivity contribution in [2.75, 3.05) is 43.4 Å². The molecule has 1 saturated heterocycles. The van der Waals surface area contributed by atoms with Gasteiger partial charge in [0.1, 0.15) is 6.07 Å². The number of alkyl halides is 3. The molecule has 2 rings (SSSR count). The van der Waals surface area contributed by atoms with Gasteiger partial charge in [0.15, 0.2) is 0 Å². The summed E-state index contributed by atoms with van der Waals surface area (Å²) in [5, 5.41) is 10.9. The van der Waals surface area contributed by atoms with E-state index in [1.807, 2.05) is 18.0 Å². The number of likely N-dealkylation sites (N-methyl/N-ethyl adjacent to an activating group) is 1. The standard InChI is InChI=1S/C14H15F3N4O/c1-20-4-6-21(7-5-20)12-3-2-11(8-10(12)9-18)19-13(22)14(15,16)17/h2-3,8H,4-7H2,1H3,(H,19,22). The number of amides is 1. The summed E-state index contributed by atoms with van der Waals surface area (Å²) >= 11 is 0. The highest BCUT2D eigenvalue weighted by atomic mass is 19.4. The Balaban J connectivity index is 2.18. The van der Waals surface area contributed by atoms with Crippen molar-refractivity contribution in [3.8, 4) is 6.07 Å². The average Bonchev–Trinajstić information content (AvgIpc) is 2.47. The van der Waals surface area contributed by atoms with Crippen molar-refractivity contribution in [3.63, 3.8) is 0 Å². The zero-order chi connectivity index (χ0) is 16.3. The van der Waals surface area contributed by atoms with Crippen molar-refractivity contribution >= 4 is 17.3 Å². The topological polar surface area (TPSA) is 59.4 Å². The van der Waals surface area contributed by atoms with Crippen molar-refractivity contribution in [2.24, 2.45) is 0 Å². The van der Waals surface area contributed by atoms with Gasteiger partial charge in [-0.3, -0.25) is 4.79 Å². The molecule has 1 aliphatic rings. The molecule has 1 aromatic rings. The van der Waals surface area contributed by atoms with E-state index in [1.165, 1.54) is 12.1 Å². The van der Waals surface area contributed by atoms with Gasteiger partial charge >= 0.3 is 12.1 Å². The fraction of sp³-hybridized carbons (Fsp3) is 0.429. The fourth-order valence-electron chi connectivity index (χ4n) is 2.23. The Morgan fingerprint density at radius 2 is 1.91 bits per heavy atom. The Labute approximate surface area is 125 Å². The van der Waals surface area contributed by atoms with Crippen LogP contribution in [0.15, 0.2) is 18.2 Å². The molecular weight excluding hydrogens is 297 g/mol. The molecule has 0 aromatic heterocycles. The van der Waals surface area contributed by atoms with E-state index < -0.39 is 12.1 Å². The van der Waals surface area contributed by atoms with Crippen LogP contribution in [0.4, 0.5) is 24.5 Å². The smallest absolute Gasteiger partial charge is 0.368 e. The first kappa shape index (κ1) is 16.1. The van der Waals surface area contributed by atoms with Crippen LogP contribution in [0, 0.1) is 11.3 Å². The maximum absolute atomic E-state index is 12.2. The van der Waals surface area contributed by atoms with E-state index in [4.69, 9.17) is 0 Å². The van der Waals surface area contributed by atoms with Crippen LogP contribution in [0.2, 0.25) is 0 Å². The maximum Gasteiger partial charge on any atom is 0.471 e. The third-order valence-corrected chi connectivity index (χ3v) is 3.48. The largest absolute Gasteiger partial charge is 0.471 e. The summed E-state index contributed by atoms with van der Waals surface area (Å²) in [7, 11) is 2.00. The number of hydrogen-bond acceptors (Lipinski definition) is 4. The Kier molecular flexibility index (Phi) is 4.56. The fourth-order valence-corrected chi connectivity index (χ4v) is 2.23. The molecule has 1 aromatic carbocycles. The van der Waals surface area contributed by atoms with Gasteiger partial charge in [-0.25, -0.2) is 0 Å². The molecule has 1 heterocycles. The predicted octanol–water partition coefficient (Wildman–Crippen LogP) is 1.81. The summed E-state index contributed by atoms with van der Waals surface area (Å²) < 4.78 is 36.7. The first-order valence-electron chi connectivity index (χ1n) is 6.67. The number of nitrogens with one attached hydrogen (secondary N) is 1. The molecule has 8 heteroatoms. The van der Waals surface area contributed by atoms with E-state index in [0.29, 0.717) is 5.69 Å². The van der Waals surface area contributed by atoms with Gasteiger partial charge in [-0.1, -0.05) is 0 Å². The lowest BCUT2D eigenvalue weighted by Gasteiger charge is -2.34. The highest BCUT2D eigenvalue weighted by molar-refractivity contribution is 5.95. The second-order valence-electron chi connectivity index (χ2n) is 5.09. The van der Waals surface area contributed by atoms with E-state index in [-0.39, 0.29) is 11.3 Å². The Morgan fingerprint density at radius 1 is 1.27 bits per heavy atom. The maximum atomic E-state index is 12.2. The summed E-state index contributed by atoms with van der Waals surface area (Å²) in [5.41, 5.74) is 0.863. The van der Waals surface area contributed by atoms with Crippen LogP contribution < -0.4 is 10.2 Å². The van der Waals surface area contributed by atoms with Gasteiger partial charge in [0.2, 0.25) is 0 Å². The van der Waals surface area contributed by atoms with E-state index in [1.54, 1.807) is 11.4 Å². The Morgan fingerprint density at radius 3 is 2.45 bits per heavy atom. The van der Waals surface area contributed by atoms with Crippen LogP contribution >= 0.6 is 0 Å². The molecule has 0 saturated carbocycles. The molecule has 0 aliphatic carbocycles. The van der Waals surface area contributed by atoms with Gasteiger partial charge in [-0.15, -0.1) is 0 Å². The number of piperazine rings is 1. The minimum atomic E-state index is -4.96. The predicted molar refractivity (Wildman–Crippen MR) is 75.6 cm³/mol. The SMILES string of the molecule is CN1CCN(c2ccc(NC(=O)C(F)(F)F)cc2C#N)CC1. The van der Waals surface area contributed by atoms with E-state index in [9.17, 15) is 23.2 Å². The third-order valence-electron chi connectivity index (χ3n) is 3.48. The van der Waals surface area contributed by atoms with Crippen LogP contribution in [0.1, 0.15) is 5.56 Å². The van der Waals surface area contributed by atoms with Crippen LogP contribution in [-0.2, 0) is 4.79 Å². The second-order valence-corrected chi connectivity index (χ2v) is 5.09. The monoisotopic (exact) mass is 312 g/mol. The van der Waals surface area contributed by atoms with Crippen LogP contribution in [0.5, 0.6) is 0 Å². The summed E-state index contributed by atoms with van der Waals surface area (Å²) in [6.45, 7) is 3.16. The molecule has 0 bridgehead atoms. The minimum Gasteiger partial charge on any atom is -0.368 e. The van der Waals surface area contributed by atoms with Gasteiger partial charge < -0.3 is 15.1 Å². The molecular formula is C14H15F3N4O. The summed E-state index contributed by atoms with van der Waals surface area (Å²) in [6, 6.07) is 6.17.